The molecule has 0 radical (unpaired) electrons. The van der Waals surface area contributed by atoms with E-state index in [0.717, 1.165) is 11.9 Å². The van der Waals surface area contributed by atoms with Crippen molar-refractivity contribution in [1.82, 2.24) is 5.32 Å². The van der Waals surface area contributed by atoms with E-state index >= 15 is 0 Å². The maximum Gasteiger partial charge on any atom is 0.0876 e. The molecule has 0 aromatic heterocycles. The van der Waals surface area contributed by atoms with E-state index in [0.29, 0.717) is 6.04 Å². The van der Waals surface area contributed by atoms with Gasteiger partial charge >= 0.3 is 0 Å². The molecular weight excluding hydrogens is 230 g/mol. The van der Waals surface area contributed by atoms with Gasteiger partial charge in [-0.05, 0) is 38.3 Å². The van der Waals surface area contributed by atoms with Crippen LogP contribution in [0, 0.1) is 0 Å². The number of hydrogen-bond donors (Lipinski definition) is 1. The Morgan fingerprint density at radius 1 is 1.35 bits per heavy atom. The zero-order valence-electron chi connectivity index (χ0n) is 10.9. The van der Waals surface area contributed by atoms with Gasteiger partial charge in [-0.3, -0.25) is 0 Å². The van der Waals surface area contributed by atoms with E-state index in [1.807, 2.05) is 6.26 Å². The van der Waals surface area contributed by atoms with E-state index in [2.05, 4.69) is 24.1 Å². The molecule has 1 aliphatic heterocycles. The van der Waals surface area contributed by atoms with Gasteiger partial charge in [0.05, 0.1) is 12.9 Å². The van der Waals surface area contributed by atoms with Gasteiger partial charge in [0, 0.05) is 17.0 Å². The highest BCUT2D eigenvalue weighted by molar-refractivity contribution is 7.99. The molecule has 3 heteroatoms. The molecule has 1 fully saturated rings. The summed E-state index contributed by atoms with van der Waals surface area (Å²) < 4.78 is 5.45. The van der Waals surface area contributed by atoms with Crippen LogP contribution >= 0.6 is 11.8 Å². The van der Waals surface area contributed by atoms with Crippen LogP contribution < -0.4 is 5.32 Å². The molecule has 2 nitrogen and oxygen atoms in total. The van der Waals surface area contributed by atoms with Crippen LogP contribution in [-0.4, -0.2) is 30.7 Å². The van der Waals surface area contributed by atoms with Crippen LogP contribution in [0.2, 0.25) is 0 Å². The summed E-state index contributed by atoms with van der Waals surface area (Å²) in [6.45, 7) is 0.899. The lowest BCUT2D eigenvalue weighted by Gasteiger charge is -2.26. The highest BCUT2D eigenvalue weighted by Gasteiger charge is 2.19. The highest BCUT2D eigenvalue weighted by atomic mass is 32.2. The molecule has 2 rings (SSSR count). The minimum absolute atomic E-state index is 0.516. The molecule has 1 unspecified atom stereocenters. The fraction of sp³-hybridized carbons (Fsp3) is 0.857. The van der Waals surface area contributed by atoms with Crippen LogP contribution in [0.3, 0.4) is 0 Å². The van der Waals surface area contributed by atoms with Crippen LogP contribution in [-0.2, 0) is 4.74 Å². The van der Waals surface area contributed by atoms with Crippen LogP contribution in [0.5, 0.6) is 0 Å². The molecule has 1 aliphatic carbocycles. The molecule has 1 heterocycles. The number of ether oxygens (including phenoxy) is 1. The van der Waals surface area contributed by atoms with Crippen LogP contribution in [0.4, 0.5) is 0 Å². The average molecular weight is 255 g/mol. The number of likely N-dealkylation sites (N-methyl/N-ethyl adjacent to an activating group) is 1. The Labute approximate surface area is 110 Å². The molecule has 98 valence electrons. The van der Waals surface area contributed by atoms with E-state index in [9.17, 15) is 0 Å². The van der Waals surface area contributed by atoms with Crippen LogP contribution in [0.15, 0.2) is 11.8 Å². The minimum Gasteiger partial charge on any atom is -0.501 e. The molecule has 17 heavy (non-hydrogen) atoms. The third-order valence-corrected chi connectivity index (χ3v) is 5.28. The Morgan fingerprint density at radius 3 is 2.82 bits per heavy atom. The molecule has 0 amide bonds. The second kappa shape index (κ2) is 7.32. The first kappa shape index (κ1) is 13.3. The quantitative estimate of drug-likeness (QED) is 0.814. The zero-order chi connectivity index (χ0) is 11.9. The molecule has 1 atom stereocenters. The lowest BCUT2D eigenvalue weighted by molar-refractivity contribution is 0.221. The van der Waals surface area contributed by atoms with Gasteiger partial charge in [-0.1, -0.05) is 19.3 Å². The standard InChI is InChI=1S/C14H25NOS/c1-15-14(12-6-5-9-16-10-12)11-17-13-7-3-2-4-8-13/h10,13-15H,2-9,11H2,1H3. The second-order valence-corrected chi connectivity index (χ2v) is 6.44. The average Bonchev–Trinajstić information content (AvgIpc) is 2.42. The van der Waals surface area contributed by atoms with Crippen molar-refractivity contribution in [3.05, 3.63) is 11.8 Å². The maximum atomic E-state index is 5.45. The molecular formula is C14H25NOS. The van der Waals surface area contributed by atoms with Crippen molar-refractivity contribution in [2.75, 3.05) is 19.4 Å². The van der Waals surface area contributed by atoms with Gasteiger partial charge in [0.15, 0.2) is 0 Å². The Hall–Kier alpha value is -0.150. The van der Waals surface area contributed by atoms with Crippen molar-refractivity contribution in [1.29, 1.82) is 0 Å². The normalized spacial score (nSPS) is 23.9. The van der Waals surface area contributed by atoms with Gasteiger partial charge in [-0.25, -0.2) is 0 Å². The van der Waals surface area contributed by atoms with Crippen LogP contribution in [0.25, 0.3) is 0 Å². The fourth-order valence-corrected chi connectivity index (χ4v) is 4.19. The summed E-state index contributed by atoms with van der Waals surface area (Å²) in [5.74, 6) is 1.20. The summed E-state index contributed by atoms with van der Waals surface area (Å²) in [6, 6.07) is 0.516. The Kier molecular flexibility index (Phi) is 5.72. The third kappa shape index (κ3) is 4.22. The van der Waals surface area contributed by atoms with E-state index in [1.54, 1.807) is 0 Å². The molecule has 0 bridgehead atoms. The summed E-state index contributed by atoms with van der Waals surface area (Å²) in [5.41, 5.74) is 1.46. The SMILES string of the molecule is CNC(CSC1CCCCC1)C1=COCCC1. The lowest BCUT2D eigenvalue weighted by atomic mass is 10.0. The summed E-state index contributed by atoms with van der Waals surface area (Å²) in [6.07, 6.45) is 11.6. The molecule has 0 aromatic carbocycles. The summed E-state index contributed by atoms with van der Waals surface area (Å²) in [5, 5.41) is 4.35. The maximum absolute atomic E-state index is 5.45. The van der Waals surface area contributed by atoms with Crippen molar-refractivity contribution in [2.45, 2.75) is 56.2 Å². The monoisotopic (exact) mass is 255 g/mol. The minimum atomic E-state index is 0.516. The Balaban J connectivity index is 1.76. The number of rotatable bonds is 5. The van der Waals surface area contributed by atoms with Crippen LogP contribution in [0.1, 0.15) is 44.9 Å². The molecule has 0 aromatic rings. The topological polar surface area (TPSA) is 21.3 Å². The van der Waals surface area contributed by atoms with Gasteiger partial charge in [-0.15, -0.1) is 0 Å². The first-order valence-electron chi connectivity index (χ1n) is 6.99. The first-order chi connectivity index (χ1) is 8.40. The smallest absolute Gasteiger partial charge is 0.0876 e. The predicted octanol–water partition coefficient (Wildman–Crippen LogP) is 3.33. The Morgan fingerprint density at radius 2 is 2.18 bits per heavy atom. The molecule has 0 spiro atoms. The van der Waals surface area contributed by atoms with Gasteiger partial charge in [0.25, 0.3) is 0 Å². The van der Waals surface area contributed by atoms with Crippen molar-refractivity contribution in [2.24, 2.45) is 0 Å². The fourth-order valence-electron chi connectivity index (χ4n) is 2.68. The van der Waals surface area contributed by atoms with E-state index in [1.165, 1.54) is 56.3 Å². The van der Waals surface area contributed by atoms with Crippen molar-refractivity contribution in [3.8, 4) is 0 Å². The van der Waals surface area contributed by atoms with Crippen molar-refractivity contribution in [3.63, 3.8) is 0 Å². The highest BCUT2D eigenvalue weighted by Crippen LogP contribution is 2.30. The van der Waals surface area contributed by atoms with E-state index in [4.69, 9.17) is 4.74 Å². The largest absolute Gasteiger partial charge is 0.501 e. The summed E-state index contributed by atoms with van der Waals surface area (Å²) >= 11 is 2.16. The molecule has 1 N–H and O–H groups in total. The lowest BCUT2D eigenvalue weighted by Crippen LogP contribution is -2.32. The molecule has 1 saturated carbocycles. The van der Waals surface area contributed by atoms with Gasteiger partial charge in [0.1, 0.15) is 0 Å². The second-order valence-electron chi connectivity index (χ2n) is 5.10. The number of thioether (sulfide) groups is 1. The van der Waals surface area contributed by atoms with Gasteiger partial charge in [0.2, 0.25) is 0 Å². The summed E-state index contributed by atoms with van der Waals surface area (Å²) in [7, 11) is 2.07. The number of hydrogen-bond acceptors (Lipinski definition) is 3. The molecule has 0 saturated heterocycles. The van der Waals surface area contributed by atoms with Gasteiger partial charge in [-0.2, -0.15) is 11.8 Å². The zero-order valence-corrected chi connectivity index (χ0v) is 11.7. The third-order valence-electron chi connectivity index (χ3n) is 3.81. The van der Waals surface area contributed by atoms with Gasteiger partial charge < -0.3 is 10.1 Å². The molecule has 2 aliphatic rings. The first-order valence-corrected chi connectivity index (χ1v) is 8.04. The van der Waals surface area contributed by atoms with Crippen molar-refractivity contribution >= 4 is 11.8 Å². The predicted molar refractivity (Wildman–Crippen MR) is 75.4 cm³/mol. The van der Waals surface area contributed by atoms with E-state index < -0.39 is 0 Å². The number of nitrogens with one attached hydrogen (secondary N) is 1. The van der Waals surface area contributed by atoms with Crippen molar-refractivity contribution < 1.29 is 4.74 Å². The van der Waals surface area contributed by atoms with E-state index in [-0.39, 0.29) is 0 Å². The Bertz CT molecular complexity index is 249. The summed E-state index contributed by atoms with van der Waals surface area (Å²) in [4.78, 5) is 0.